The monoisotopic (exact) mass is 264 g/mol. The van der Waals surface area contributed by atoms with Crippen LogP contribution in [0.25, 0.3) is 0 Å². The second-order valence-corrected chi connectivity index (χ2v) is 6.28. The second-order valence-electron chi connectivity index (χ2n) is 5.84. The van der Waals surface area contributed by atoms with Gasteiger partial charge in [0.15, 0.2) is 0 Å². The maximum atomic E-state index is 5.19. The average molecular weight is 264 g/mol. The van der Waals surface area contributed by atoms with Crippen molar-refractivity contribution < 1.29 is 0 Å². The minimum Gasteiger partial charge on any atom is -0.353 e. The van der Waals surface area contributed by atoms with Gasteiger partial charge in [0.05, 0.1) is 0 Å². The predicted octanol–water partition coefficient (Wildman–Crippen LogP) is 4.24. The number of H-pyrrole nitrogens is 1. The number of piperidine rings is 1. The van der Waals surface area contributed by atoms with Gasteiger partial charge in [0, 0.05) is 18.8 Å². The van der Waals surface area contributed by atoms with E-state index in [0.29, 0.717) is 6.04 Å². The number of hydrogen-bond donors (Lipinski definition) is 1. The minimum atomic E-state index is 0.577. The number of aromatic amines is 1. The van der Waals surface area contributed by atoms with Crippen molar-refractivity contribution in [3.05, 3.63) is 28.0 Å². The highest BCUT2D eigenvalue weighted by Gasteiger charge is 2.25. The molecular formula is C15H24N2S. The molecule has 0 aliphatic carbocycles. The molecule has 0 radical (unpaired) electrons. The Morgan fingerprint density at radius 2 is 2.22 bits per heavy atom. The first-order valence-electron chi connectivity index (χ1n) is 7.01. The van der Waals surface area contributed by atoms with Gasteiger partial charge >= 0.3 is 0 Å². The van der Waals surface area contributed by atoms with Crippen molar-refractivity contribution in [2.45, 2.75) is 46.1 Å². The van der Waals surface area contributed by atoms with E-state index in [1.54, 1.807) is 0 Å². The van der Waals surface area contributed by atoms with Crippen LogP contribution in [0.5, 0.6) is 0 Å². The summed E-state index contributed by atoms with van der Waals surface area (Å²) in [6, 6.07) is 2.67. The molecule has 18 heavy (non-hydrogen) atoms. The third-order valence-electron chi connectivity index (χ3n) is 3.75. The first-order chi connectivity index (χ1) is 8.58. The van der Waals surface area contributed by atoms with Crippen molar-refractivity contribution in [1.29, 1.82) is 0 Å². The van der Waals surface area contributed by atoms with E-state index in [1.807, 2.05) is 0 Å². The highest BCUT2D eigenvalue weighted by atomic mass is 32.1. The Balaban J connectivity index is 2.24. The molecule has 1 fully saturated rings. The molecule has 1 atom stereocenters. The molecule has 2 rings (SSSR count). The number of hydrogen-bond acceptors (Lipinski definition) is 2. The van der Waals surface area contributed by atoms with Crippen LogP contribution in [0.2, 0.25) is 0 Å². The normalized spacial score (nSPS) is 21.4. The Morgan fingerprint density at radius 3 is 2.89 bits per heavy atom. The zero-order valence-corrected chi connectivity index (χ0v) is 12.5. The number of rotatable bonds is 3. The van der Waals surface area contributed by atoms with Crippen LogP contribution in [-0.2, 0) is 0 Å². The maximum Gasteiger partial charge on any atom is 0.103 e. The summed E-state index contributed by atoms with van der Waals surface area (Å²) in [7, 11) is 0. The molecule has 1 N–H and O–H groups in total. The number of nitrogens with zero attached hydrogens (tertiary/aromatic N) is 1. The summed E-state index contributed by atoms with van der Waals surface area (Å²) >= 11 is 5.19. The van der Waals surface area contributed by atoms with Crippen LogP contribution < -0.4 is 0 Å². The molecule has 100 valence electrons. The van der Waals surface area contributed by atoms with Gasteiger partial charge in [-0.15, -0.1) is 0 Å². The fourth-order valence-corrected chi connectivity index (χ4v) is 3.21. The largest absolute Gasteiger partial charge is 0.353 e. The molecule has 2 nitrogen and oxygen atoms in total. The second kappa shape index (κ2) is 5.98. The molecule has 1 unspecified atom stereocenters. The highest BCUT2D eigenvalue weighted by molar-refractivity contribution is 7.71. The first-order valence-corrected chi connectivity index (χ1v) is 7.42. The number of likely N-dealkylation sites (tertiary alicyclic amines) is 1. The summed E-state index contributed by atoms with van der Waals surface area (Å²) in [6.07, 6.45) is 6.08. The van der Waals surface area contributed by atoms with Crippen molar-refractivity contribution in [3.8, 4) is 0 Å². The maximum absolute atomic E-state index is 5.19. The molecule has 0 aromatic carbocycles. The standard InChI is InChI=1S/C15H24N2S/c1-11(2)10-17-7-5-4-6-14(17)13-9-16-15(18)8-12(13)3/h8-9,11,14H,4-7,10H2,1-3H3,(H,16,18). The van der Waals surface area contributed by atoms with E-state index in [9.17, 15) is 0 Å². The zero-order chi connectivity index (χ0) is 13.1. The number of pyridine rings is 1. The Morgan fingerprint density at radius 1 is 1.44 bits per heavy atom. The van der Waals surface area contributed by atoms with E-state index in [4.69, 9.17) is 12.2 Å². The third kappa shape index (κ3) is 3.21. The topological polar surface area (TPSA) is 19.0 Å². The lowest BCUT2D eigenvalue weighted by Crippen LogP contribution is -2.36. The molecule has 0 bridgehead atoms. The van der Waals surface area contributed by atoms with E-state index in [-0.39, 0.29) is 0 Å². The van der Waals surface area contributed by atoms with Crippen LogP contribution >= 0.6 is 12.2 Å². The zero-order valence-electron chi connectivity index (χ0n) is 11.7. The van der Waals surface area contributed by atoms with Crippen molar-refractivity contribution in [2.75, 3.05) is 13.1 Å². The molecule has 1 saturated heterocycles. The van der Waals surface area contributed by atoms with Gasteiger partial charge in [0.25, 0.3) is 0 Å². The molecule has 0 saturated carbocycles. The minimum absolute atomic E-state index is 0.577. The van der Waals surface area contributed by atoms with Gasteiger partial charge in [-0.2, -0.15) is 0 Å². The fourth-order valence-electron chi connectivity index (χ4n) is 2.97. The Hall–Kier alpha value is -0.670. The molecule has 3 heteroatoms. The van der Waals surface area contributed by atoms with Crippen molar-refractivity contribution >= 4 is 12.2 Å². The predicted molar refractivity (Wildman–Crippen MR) is 79.4 cm³/mol. The van der Waals surface area contributed by atoms with E-state index in [2.05, 4.69) is 42.9 Å². The number of nitrogens with one attached hydrogen (secondary N) is 1. The Labute approximate surface area is 115 Å². The molecule has 0 spiro atoms. The van der Waals surface area contributed by atoms with Gasteiger partial charge in [-0.1, -0.05) is 32.5 Å². The smallest absolute Gasteiger partial charge is 0.103 e. The third-order valence-corrected chi connectivity index (χ3v) is 3.98. The van der Waals surface area contributed by atoms with Crippen LogP contribution in [0, 0.1) is 17.5 Å². The molecule has 1 aliphatic rings. The molecule has 1 aromatic heterocycles. The molecule has 1 aliphatic heterocycles. The molecular weight excluding hydrogens is 240 g/mol. The van der Waals surface area contributed by atoms with Gasteiger partial charge in [-0.25, -0.2) is 0 Å². The van der Waals surface area contributed by atoms with Crippen molar-refractivity contribution in [1.82, 2.24) is 9.88 Å². The Bertz CT molecular complexity index is 450. The van der Waals surface area contributed by atoms with Crippen molar-refractivity contribution in [2.24, 2.45) is 5.92 Å². The Kier molecular flexibility index (Phi) is 4.57. The summed E-state index contributed by atoms with van der Waals surface area (Å²) in [4.78, 5) is 5.85. The summed E-state index contributed by atoms with van der Waals surface area (Å²) in [5.74, 6) is 0.730. The molecule has 1 aromatic rings. The van der Waals surface area contributed by atoms with E-state index < -0.39 is 0 Å². The van der Waals surface area contributed by atoms with Crippen LogP contribution in [0.15, 0.2) is 12.3 Å². The SMILES string of the molecule is Cc1cc(=S)[nH]cc1C1CCCCN1CC(C)C. The van der Waals surface area contributed by atoms with Gasteiger partial charge < -0.3 is 4.98 Å². The summed E-state index contributed by atoms with van der Waals surface area (Å²) in [5, 5.41) is 0. The lowest BCUT2D eigenvalue weighted by Gasteiger charge is -2.37. The van der Waals surface area contributed by atoms with E-state index in [0.717, 1.165) is 10.6 Å². The quantitative estimate of drug-likeness (QED) is 0.824. The lowest BCUT2D eigenvalue weighted by molar-refractivity contribution is 0.131. The lowest BCUT2D eigenvalue weighted by atomic mass is 9.93. The van der Waals surface area contributed by atoms with Crippen LogP contribution in [-0.4, -0.2) is 23.0 Å². The average Bonchev–Trinajstić information content (AvgIpc) is 2.30. The van der Waals surface area contributed by atoms with Crippen LogP contribution in [0.4, 0.5) is 0 Å². The highest BCUT2D eigenvalue weighted by Crippen LogP contribution is 2.32. The number of aromatic nitrogens is 1. The first kappa shape index (κ1) is 13.8. The summed E-state index contributed by atoms with van der Waals surface area (Å²) in [6.45, 7) is 9.22. The van der Waals surface area contributed by atoms with Gasteiger partial charge in [0.2, 0.25) is 0 Å². The molecule has 2 heterocycles. The molecule has 0 amide bonds. The van der Waals surface area contributed by atoms with Gasteiger partial charge in [0.1, 0.15) is 4.64 Å². The fraction of sp³-hybridized carbons (Fsp3) is 0.667. The van der Waals surface area contributed by atoms with Gasteiger partial charge in [-0.05, 0) is 49.4 Å². The van der Waals surface area contributed by atoms with Crippen LogP contribution in [0.1, 0.15) is 50.3 Å². The van der Waals surface area contributed by atoms with Crippen LogP contribution in [0.3, 0.4) is 0 Å². The van der Waals surface area contributed by atoms with Crippen molar-refractivity contribution in [3.63, 3.8) is 0 Å². The van der Waals surface area contributed by atoms with E-state index in [1.165, 1.54) is 43.5 Å². The summed E-state index contributed by atoms with van der Waals surface area (Å²) in [5.41, 5.74) is 2.77. The summed E-state index contributed by atoms with van der Waals surface area (Å²) < 4.78 is 0.836. The number of aryl methyl sites for hydroxylation is 1. The van der Waals surface area contributed by atoms with E-state index >= 15 is 0 Å². The van der Waals surface area contributed by atoms with Gasteiger partial charge in [-0.3, -0.25) is 4.90 Å².